The average Bonchev–Trinajstić information content (AvgIpc) is 2.38. The molecule has 1 aromatic carbocycles. The number of piperidine rings is 1. The fourth-order valence-corrected chi connectivity index (χ4v) is 2.97. The van der Waals surface area contributed by atoms with Gasteiger partial charge in [0.25, 0.3) is 0 Å². The molecule has 1 fully saturated rings. The Bertz CT molecular complexity index is 377. The van der Waals surface area contributed by atoms with Crippen molar-refractivity contribution in [1.29, 1.82) is 0 Å². The SMILES string of the molecule is CCC(O)C1CCCCN1Cc1cccc(C)c1. The smallest absolute Gasteiger partial charge is 0.0692 e. The molecule has 0 aromatic heterocycles. The highest BCUT2D eigenvalue weighted by atomic mass is 16.3. The number of rotatable bonds is 4. The first kappa shape index (κ1) is 13.6. The first-order chi connectivity index (χ1) is 8.70. The zero-order valence-electron chi connectivity index (χ0n) is 11.6. The Hall–Kier alpha value is -0.860. The van der Waals surface area contributed by atoms with Gasteiger partial charge in [0.15, 0.2) is 0 Å². The highest BCUT2D eigenvalue weighted by Crippen LogP contribution is 2.23. The van der Waals surface area contributed by atoms with Crippen molar-refractivity contribution in [1.82, 2.24) is 4.90 Å². The molecule has 0 saturated carbocycles. The van der Waals surface area contributed by atoms with Crippen LogP contribution in [0.25, 0.3) is 0 Å². The van der Waals surface area contributed by atoms with E-state index in [4.69, 9.17) is 0 Å². The third kappa shape index (κ3) is 3.33. The number of aliphatic hydroxyl groups is 1. The molecule has 100 valence electrons. The molecule has 0 spiro atoms. The van der Waals surface area contributed by atoms with E-state index in [0.29, 0.717) is 6.04 Å². The van der Waals surface area contributed by atoms with Crippen LogP contribution in [-0.2, 0) is 6.54 Å². The average molecular weight is 247 g/mol. The molecule has 0 amide bonds. The topological polar surface area (TPSA) is 23.5 Å². The van der Waals surface area contributed by atoms with Gasteiger partial charge in [-0.1, -0.05) is 43.2 Å². The highest BCUT2D eigenvalue weighted by molar-refractivity contribution is 5.22. The van der Waals surface area contributed by atoms with Crippen molar-refractivity contribution < 1.29 is 5.11 Å². The second-order valence-corrected chi connectivity index (χ2v) is 5.50. The van der Waals surface area contributed by atoms with Crippen molar-refractivity contribution >= 4 is 0 Å². The number of likely N-dealkylation sites (tertiary alicyclic amines) is 1. The Morgan fingerprint density at radius 2 is 2.22 bits per heavy atom. The van der Waals surface area contributed by atoms with Gasteiger partial charge in [-0.3, -0.25) is 4.90 Å². The van der Waals surface area contributed by atoms with Crippen molar-refractivity contribution in [2.45, 2.75) is 58.2 Å². The molecule has 1 saturated heterocycles. The lowest BCUT2D eigenvalue weighted by molar-refractivity contribution is 0.0195. The second-order valence-electron chi connectivity index (χ2n) is 5.50. The third-order valence-electron chi connectivity index (χ3n) is 3.99. The molecule has 0 aliphatic carbocycles. The van der Waals surface area contributed by atoms with E-state index in [1.165, 1.54) is 24.0 Å². The molecule has 2 unspecified atom stereocenters. The van der Waals surface area contributed by atoms with E-state index in [1.807, 2.05) is 0 Å². The van der Waals surface area contributed by atoms with Crippen molar-refractivity contribution in [3.8, 4) is 0 Å². The molecule has 18 heavy (non-hydrogen) atoms. The Kier molecular flexibility index (Phi) is 4.79. The Morgan fingerprint density at radius 1 is 1.39 bits per heavy atom. The van der Waals surface area contributed by atoms with Crippen molar-refractivity contribution in [2.24, 2.45) is 0 Å². The van der Waals surface area contributed by atoms with Crippen molar-refractivity contribution in [3.05, 3.63) is 35.4 Å². The first-order valence-electron chi connectivity index (χ1n) is 7.18. The van der Waals surface area contributed by atoms with E-state index >= 15 is 0 Å². The Balaban J connectivity index is 2.05. The molecule has 2 nitrogen and oxygen atoms in total. The van der Waals surface area contributed by atoms with Crippen LogP contribution in [0.1, 0.15) is 43.7 Å². The Morgan fingerprint density at radius 3 is 2.94 bits per heavy atom. The first-order valence-corrected chi connectivity index (χ1v) is 7.18. The van der Waals surface area contributed by atoms with Gasteiger partial charge in [-0.15, -0.1) is 0 Å². The van der Waals surface area contributed by atoms with Crippen LogP contribution in [0.15, 0.2) is 24.3 Å². The van der Waals surface area contributed by atoms with Crippen LogP contribution >= 0.6 is 0 Å². The van der Waals surface area contributed by atoms with Gasteiger partial charge in [-0.2, -0.15) is 0 Å². The molecule has 2 rings (SSSR count). The zero-order valence-corrected chi connectivity index (χ0v) is 11.6. The predicted molar refractivity (Wildman–Crippen MR) is 75.5 cm³/mol. The maximum absolute atomic E-state index is 10.1. The van der Waals surface area contributed by atoms with Gasteiger partial charge < -0.3 is 5.11 Å². The minimum Gasteiger partial charge on any atom is -0.392 e. The largest absolute Gasteiger partial charge is 0.392 e. The van der Waals surface area contributed by atoms with Gasteiger partial charge in [-0.05, 0) is 38.3 Å². The van der Waals surface area contributed by atoms with E-state index in [-0.39, 0.29) is 6.10 Å². The minimum atomic E-state index is -0.171. The number of hydrogen-bond donors (Lipinski definition) is 1. The van der Waals surface area contributed by atoms with Crippen molar-refractivity contribution in [3.63, 3.8) is 0 Å². The van der Waals surface area contributed by atoms with Crippen LogP contribution in [0, 0.1) is 6.92 Å². The van der Waals surface area contributed by atoms with Gasteiger partial charge in [0.05, 0.1) is 6.10 Å². The van der Waals surface area contributed by atoms with Gasteiger partial charge in [-0.25, -0.2) is 0 Å². The monoisotopic (exact) mass is 247 g/mol. The quantitative estimate of drug-likeness (QED) is 0.883. The lowest BCUT2D eigenvalue weighted by Gasteiger charge is -2.38. The van der Waals surface area contributed by atoms with Gasteiger partial charge in [0, 0.05) is 12.6 Å². The highest BCUT2D eigenvalue weighted by Gasteiger charge is 2.27. The molecule has 0 radical (unpaired) electrons. The van der Waals surface area contributed by atoms with Crippen LogP contribution in [0.5, 0.6) is 0 Å². The number of aryl methyl sites for hydroxylation is 1. The van der Waals surface area contributed by atoms with Crippen LogP contribution in [0.4, 0.5) is 0 Å². The maximum atomic E-state index is 10.1. The van der Waals surface area contributed by atoms with Crippen LogP contribution in [0.3, 0.4) is 0 Å². The van der Waals surface area contributed by atoms with Gasteiger partial charge in [0.1, 0.15) is 0 Å². The minimum absolute atomic E-state index is 0.171. The molecule has 1 N–H and O–H groups in total. The van der Waals surface area contributed by atoms with E-state index < -0.39 is 0 Å². The summed E-state index contributed by atoms with van der Waals surface area (Å²) < 4.78 is 0. The molecule has 1 aliphatic rings. The summed E-state index contributed by atoms with van der Waals surface area (Å²) >= 11 is 0. The second kappa shape index (κ2) is 6.35. The summed E-state index contributed by atoms with van der Waals surface area (Å²) in [6.45, 7) is 6.31. The standard InChI is InChI=1S/C16H25NO/c1-3-16(18)15-9-4-5-10-17(15)12-14-8-6-7-13(2)11-14/h6-8,11,15-16,18H,3-5,9-10,12H2,1-2H3. The molecule has 1 aliphatic heterocycles. The number of hydrogen-bond acceptors (Lipinski definition) is 2. The molecule has 0 bridgehead atoms. The van der Waals surface area contributed by atoms with E-state index in [1.54, 1.807) is 0 Å². The predicted octanol–water partition coefficient (Wildman–Crippen LogP) is 3.12. The summed E-state index contributed by atoms with van der Waals surface area (Å²) in [5.74, 6) is 0. The number of benzene rings is 1. The van der Waals surface area contributed by atoms with Crippen molar-refractivity contribution in [2.75, 3.05) is 6.54 Å². The molecule has 1 heterocycles. The van der Waals surface area contributed by atoms with E-state index in [9.17, 15) is 5.11 Å². The lowest BCUT2D eigenvalue weighted by atomic mass is 9.95. The van der Waals surface area contributed by atoms with Gasteiger partial charge >= 0.3 is 0 Å². The molecular formula is C16H25NO. The number of nitrogens with zero attached hydrogens (tertiary/aromatic N) is 1. The summed E-state index contributed by atoms with van der Waals surface area (Å²) in [4.78, 5) is 2.46. The maximum Gasteiger partial charge on any atom is 0.0692 e. The molecular weight excluding hydrogens is 222 g/mol. The summed E-state index contributed by atoms with van der Waals surface area (Å²) in [7, 11) is 0. The fourth-order valence-electron chi connectivity index (χ4n) is 2.97. The Labute approximate surface area is 111 Å². The van der Waals surface area contributed by atoms with Gasteiger partial charge in [0.2, 0.25) is 0 Å². The lowest BCUT2D eigenvalue weighted by Crippen LogP contribution is -2.46. The van der Waals surface area contributed by atoms with Crippen LogP contribution in [0.2, 0.25) is 0 Å². The summed E-state index contributed by atoms with van der Waals surface area (Å²) in [6, 6.07) is 9.06. The molecule has 1 aromatic rings. The van der Waals surface area contributed by atoms with Crippen LogP contribution in [-0.4, -0.2) is 28.7 Å². The fraction of sp³-hybridized carbons (Fsp3) is 0.625. The third-order valence-corrected chi connectivity index (χ3v) is 3.99. The zero-order chi connectivity index (χ0) is 13.0. The summed E-state index contributed by atoms with van der Waals surface area (Å²) in [5, 5.41) is 10.1. The molecule has 2 heteroatoms. The molecule has 2 atom stereocenters. The van der Waals surface area contributed by atoms with Crippen LogP contribution < -0.4 is 0 Å². The number of aliphatic hydroxyl groups excluding tert-OH is 1. The van der Waals surface area contributed by atoms with E-state index in [2.05, 4.69) is 43.0 Å². The summed E-state index contributed by atoms with van der Waals surface area (Å²) in [5.41, 5.74) is 2.68. The summed E-state index contributed by atoms with van der Waals surface area (Å²) in [6.07, 6.45) is 4.34. The normalized spacial score (nSPS) is 22.9. The van der Waals surface area contributed by atoms with E-state index in [0.717, 1.165) is 25.9 Å².